The van der Waals surface area contributed by atoms with Crippen molar-refractivity contribution in [1.29, 1.82) is 0 Å². The molecule has 0 saturated heterocycles. The Morgan fingerprint density at radius 3 is 2.39 bits per heavy atom. The molecule has 0 unspecified atom stereocenters. The monoisotopic (exact) mass is 449 g/mol. The second-order valence-corrected chi connectivity index (χ2v) is 10.8. The van der Waals surface area contributed by atoms with Gasteiger partial charge in [-0.2, -0.15) is 0 Å². The van der Waals surface area contributed by atoms with Gasteiger partial charge in [-0.25, -0.2) is 0 Å². The number of benzene rings is 3. The number of pyridine rings is 1. The number of rotatable bonds is 1. The van der Waals surface area contributed by atoms with Crippen molar-refractivity contribution in [3.05, 3.63) is 77.4 Å². The van der Waals surface area contributed by atoms with Crippen molar-refractivity contribution >= 4 is 56.2 Å². The molecule has 0 spiro atoms. The van der Waals surface area contributed by atoms with Crippen LogP contribution in [0, 0.1) is 0 Å². The summed E-state index contributed by atoms with van der Waals surface area (Å²) in [6, 6.07) is 21.6. The van der Waals surface area contributed by atoms with Crippen molar-refractivity contribution in [3.63, 3.8) is 0 Å². The fourth-order valence-electron chi connectivity index (χ4n) is 3.96. The first-order chi connectivity index (χ1) is 13.4. The van der Waals surface area contributed by atoms with Crippen LogP contribution in [-0.2, 0) is 5.41 Å². The number of hydrogen-bond acceptors (Lipinski definition) is 1. The first-order valence-corrected chi connectivity index (χ1v) is 11.5. The Labute approximate surface area is 175 Å². The summed E-state index contributed by atoms with van der Waals surface area (Å²) in [6.45, 7) is 6.84. The summed E-state index contributed by atoms with van der Waals surface area (Å²) in [5.41, 5.74) is 3.72. The first kappa shape index (κ1) is 17.9. The second kappa shape index (κ2) is 6.46. The van der Waals surface area contributed by atoms with Gasteiger partial charge in [-0.1, -0.05) is 0 Å². The van der Waals surface area contributed by atoms with Crippen molar-refractivity contribution in [2.75, 3.05) is 0 Å². The number of nitrogens with zero attached hydrogens (tertiary/aromatic N) is 1. The summed E-state index contributed by atoms with van der Waals surface area (Å²) in [5.74, 6) is 0. The van der Waals surface area contributed by atoms with E-state index in [0.29, 0.717) is 0 Å². The van der Waals surface area contributed by atoms with Crippen molar-refractivity contribution in [1.82, 2.24) is 4.98 Å². The molecule has 0 amide bonds. The first-order valence-electron chi connectivity index (χ1n) is 9.43. The number of halogens is 1. The Bertz CT molecular complexity index is 1360. The molecule has 2 aromatic heterocycles. The predicted octanol–water partition coefficient (Wildman–Crippen LogP) is 7.22. The van der Waals surface area contributed by atoms with E-state index in [4.69, 9.17) is 16.6 Å². The number of fused-ring (bicyclic) bond motifs is 4. The van der Waals surface area contributed by atoms with E-state index < -0.39 is 0 Å². The molecule has 0 aliphatic heterocycles. The zero-order valence-corrected chi connectivity index (χ0v) is 18.6. The van der Waals surface area contributed by atoms with Crippen molar-refractivity contribution in [2.24, 2.45) is 0 Å². The molecule has 0 fully saturated rings. The normalized spacial score (nSPS) is 12.3. The SMILES string of the molecule is CC(C)(C)c1cc(-c2nccc3c2[se]c2c(Cl)cccc23)cc2ccccc12. The Morgan fingerprint density at radius 2 is 1.57 bits per heavy atom. The molecule has 3 aromatic carbocycles. The molecule has 28 heavy (non-hydrogen) atoms. The third kappa shape index (κ3) is 2.79. The zero-order chi connectivity index (χ0) is 19.5. The molecule has 0 radical (unpaired) electrons. The summed E-state index contributed by atoms with van der Waals surface area (Å²) in [4.78, 5) is 4.84. The molecule has 0 aliphatic rings. The Hall–Kier alpha value is -2.12. The van der Waals surface area contributed by atoms with Gasteiger partial charge in [-0.15, -0.1) is 0 Å². The minimum absolute atomic E-state index is 0.0605. The summed E-state index contributed by atoms with van der Waals surface area (Å²) in [5, 5.41) is 6.01. The molecule has 2 heterocycles. The standard InChI is InChI=1S/C25H20ClNSe/c1-25(2,3)20-14-16(13-15-7-4-5-8-17(15)20)22-24-19(11-12-27-22)18-9-6-10-21(26)23(18)28-24/h4-14H,1-3H3. The third-order valence-electron chi connectivity index (χ3n) is 5.31. The molecule has 3 heteroatoms. The van der Waals surface area contributed by atoms with Crippen LogP contribution in [0.5, 0.6) is 0 Å². The Kier molecular flexibility index (Phi) is 4.14. The fraction of sp³-hybridized carbons (Fsp3) is 0.160. The summed E-state index contributed by atoms with van der Waals surface area (Å²) < 4.78 is 2.62. The van der Waals surface area contributed by atoms with Crippen LogP contribution >= 0.6 is 11.6 Å². The van der Waals surface area contributed by atoms with Gasteiger partial charge >= 0.3 is 176 Å². The quantitative estimate of drug-likeness (QED) is 0.247. The van der Waals surface area contributed by atoms with Gasteiger partial charge in [0.05, 0.1) is 0 Å². The van der Waals surface area contributed by atoms with Gasteiger partial charge in [0.2, 0.25) is 0 Å². The minimum atomic E-state index is 0.0605. The Morgan fingerprint density at radius 1 is 0.821 bits per heavy atom. The van der Waals surface area contributed by atoms with Crippen molar-refractivity contribution in [3.8, 4) is 11.3 Å². The van der Waals surface area contributed by atoms with Crippen LogP contribution in [0.1, 0.15) is 26.3 Å². The van der Waals surface area contributed by atoms with Gasteiger partial charge in [0.1, 0.15) is 0 Å². The van der Waals surface area contributed by atoms with Crippen LogP contribution in [0.4, 0.5) is 0 Å². The van der Waals surface area contributed by atoms with Crippen LogP contribution in [0.2, 0.25) is 5.02 Å². The number of hydrogen-bond donors (Lipinski definition) is 0. The van der Waals surface area contributed by atoms with E-state index >= 15 is 0 Å². The van der Waals surface area contributed by atoms with Crippen molar-refractivity contribution < 1.29 is 0 Å². The van der Waals surface area contributed by atoms with E-state index in [1.165, 1.54) is 41.2 Å². The predicted molar refractivity (Wildman–Crippen MR) is 123 cm³/mol. The van der Waals surface area contributed by atoms with Gasteiger partial charge in [0.15, 0.2) is 0 Å². The molecule has 0 atom stereocenters. The zero-order valence-electron chi connectivity index (χ0n) is 16.1. The summed E-state index contributed by atoms with van der Waals surface area (Å²) in [7, 11) is 0. The molecular weight excluding hydrogens is 429 g/mol. The van der Waals surface area contributed by atoms with E-state index in [9.17, 15) is 0 Å². The van der Waals surface area contributed by atoms with Gasteiger partial charge in [0, 0.05) is 0 Å². The van der Waals surface area contributed by atoms with Gasteiger partial charge in [-0.3, -0.25) is 0 Å². The molecular formula is C25H20ClNSe. The maximum absolute atomic E-state index is 6.52. The second-order valence-electron chi connectivity index (χ2n) is 8.25. The van der Waals surface area contributed by atoms with Crippen LogP contribution in [-0.4, -0.2) is 19.5 Å². The average molecular weight is 449 g/mol. The summed E-state index contributed by atoms with van der Waals surface area (Å²) in [6.07, 6.45) is 1.94. The van der Waals surface area contributed by atoms with Crippen LogP contribution in [0.25, 0.3) is 41.3 Å². The summed E-state index contributed by atoms with van der Waals surface area (Å²) >= 11 is 6.68. The molecule has 138 valence electrons. The molecule has 0 aliphatic carbocycles. The van der Waals surface area contributed by atoms with E-state index in [2.05, 4.69) is 69.3 Å². The van der Waals surface area contributed by atoms with Crippen LogP contribution in [0.15, 0.2) is 66.9 Å². The van der Waals surface area contributed by atoms with Gasteiger partial charge in [-0.05, 0) is 0 Å². The van der Waals surface area contributed by atoms with E-state index in [0.717, 1.165) is 10.7 Å². The maximum atomic E-state index is 6.52. The van der Waals surface area contributed by atoms with Crippen LogP contribution < -0.4 is 0 Å². The average Bonchev–Trinajstić information content (AvgIpc) is 3.07. The van der Waals surface area contributed by atoms with Crippen LogP contribution in [0.3, 0.4) is 0 Å². The van der Waals surface area contributed by atoms with E-state index in [1.807, 2.05) is 18.3 Å². The van der Waals surface area contributed by atoms with E-state index in [1.54, 1.807) is 0 Å². The topological polar surface area (TPSA) is 12.9 Å². The molecule has 0 saturated carbocycles. The molecule has 1 nitrogen and oxygen atoms in total. The Balaban J connectivity index is 1.87. The van der Waals surface area contributed by atoms with Gasteiger partial charge < -0.3 is 0 Å². The number of aromatic nitrogens is 1. The molecule has 5 rings (SSSR count). The fourth-order valence-corrected chi connectivity index (χ4v) is 6.88. The molecule has 0 N–H and O–H groups in total. The van der Waals surface area contributed by atoms with Crippen molar-refractivity contribution in [2.45, 2.75) is 26.2 Å². The van der Waals surface area contributed by atoms with E-state index in [-0.39, 0.29) is 19.9 Å². The molecule has 5 aromatic rings. The molecule has 0 bridgehead atoms. The third-order valence-corrected chi connectivity index (χ3v) is 8.52. The van der Waals surface area contributed by atoms with Gasteiger partial charge in [0.25, 0.3) is 0 Å².